The number of rotatable bonds is 7. The van der Waals surface area contributed by atoms with E-state index in [2.05, 4.69) is 6.92 Å². The van der Waals surface area contributed by atoms with Crippen LogP contribution in [0.1, 0.15) is 19.8 Å². The number of unbranched alkanes of at least 4 members (excludes halogenated alkanes) is 1. The average Bonchev–Trinajstić information content (AvgIpc) is 1.97. The average molecular weight is 176 g/mol. The lowest BCUT2D eigenvalue weighted by Crippen LogP contribution is -1.96. The largest absolute Gasteiger partial charge is 0.400 e. The van der Waals surface area contributed by atoms with Crippen LogP contribution in [0.2, 0.25) is 18.1 Å². The van der Waals surface area contributed by atoms with Gasteiger partial charge in [0.05, 0.1) is 9.52 Å². The van der Waals surface area contributed by atoms with Crippen LogP contribution in [0.5, 0.6) is 0 Å². The molecule has 0 unspecified atom stereocenters. The number of aliphatic hydroxyl groups excluding tert-OH is 1. The molecule has 0 aromatic carbocycles. The van der Waals surface area contributed by atoms with Gasteiger partial charge in [0, 0.05) is 15.7 Å². The standard InChI is InChI=1S/C7H20OSi2/c1-2-9-5-3-4-6-10-7-8/h8H,2-7,9-10H2,1H3. The summed E-state index contributed by atoms with van der Waals surface area (Å²) in [5.41, 5.74) is 0. The van der Waals surface area contributed by atoms with E-state index in [4.69, 9.17) is 5.11 Å². The molecule has 0 saturated heterocycles. The predicted octanol–water partition coefficient (Wildman–Crippen LogP) is 0.329. The van der Waals surface area contributed by atoms with E-state index in [0.717, 1.165) is 0 Å². The van der Waals surface area contributed by atoms with Gasteiger partial charge in [0.15, 0.2) is 0 Å². The van der Waals surface area contributed by atoms with Crippen molar-refractivity contribution in [2.45, 2.75) is 37.9 Å². The molecule has 0 aliphatic carbocycles. The maximum atomic E-state index is 8.54. The first-order valence-corrected chi connectivity index (χ1v) is 8.52. The molecule has 0 aliphatic heterocycles. The van der Waals surface area contributed by atoms with Crippen LogP contribution in [0.15, 0.2) is 0 Å². The van der Waals surface area contributed by atoms with Crippen LogP contribution in [0.3, 0.4) is 0 Å². The molecule has 1 nitrogen and oxygen atoms in total. The van der Waals surface area contributed by atoms with Crippen molar-refractivity contribution in [1.29, 1.82) is 0 Å². The summed E-state index contributed by atoms with van der Waals surface area (Å²) in [6.45, 7) is 2.30. The first-order chi connectivity index (χ1) is 4.91. The van der Waals surface area contributed by atoms with Gasteiger partial charge in [-0.3, -0.25) is 0 Å². The third-order valence-corrected chi connectivity index (χ3v) is 4.79. The Morgan fingerprint density at radius 3 is 2.20 bits per heavy atom. The van der Waals surface area contributed by atoms with Crippen LogP contribution < -0.4 is 0 Å². The van der Waals surface area contributed by atoms with Crippen LogP contribution in [0.25, 0.3) is 0 Å². The Morgan fingerprint density at radius 2 is 1.70 bits per heavy atom. The molecule has 10 heavy (non-hydrogen) atoms. The molecular weight excluding hydrogens is 156 g/mol. The molecule has 1 N–H and O–H groups in total. The first-order valence-electron chi connectivity index (χ1n) is 4.52. The third kappa shape index (κ3) is 8.39. The molecule has 0 aromatic heterocycles. The molecule has 0 spiro atoms. The van der Waals surface area contributed by atoms with Crippen molar-refractivity contribution >= 4 is 19.0 Å². The van der Waals surface area contributed by atoms with Crippen LogP contribution in [0.4, 0.5) is 0 Å². The summed E-state index contributed by atoms with van der Waals surface area (Å²) in [6, 6.07) is 4.38. The smallest absolute Gasteiger partial charge is 0.0512 e. The highest BCUT2D eigenvalue weighted by molar-refractivity contribution is 6.35. The molecule has 0 radical (unpaired) electrons. The van der Waals surface area contributed by atoms with E-state index in [1.807, 2.05) is 0 Å². The minimum absolute atomic E-state index is 0.0416. The Balaban J connectivity index is 2.65. The summed E-state index contributed by atoms with van der Waals surface area (Å²) in [5.74, 6) is 0. The molecule has 0 amide bonds. The van der Waals surface area contributed by atoms with Gasteiger partial charge >= 0.3 is 0 Å². The molecule has 0 bridgehead atoms. The highest BCUT2D eigenvalue weighted by atomic mass is 28.2. The van der Waals surface area contributed by atoms with E-state index >= 15 is 0 Å². The van der Waals surface area contributed by atoms with Crippen LogP contribution >= 0.6 is 0 Å². The van der Waals surface area contributed by atoms with Gasteiger partial charge in [-0.05, 0) is 0 Å². The Morgan fingerprint density at radius 1 is 1.10 bits per heavy atom. The summed E-state index contributed by atoms with van der Waals surface area (Å²) >= 11 is 0. The molecule has 0 aromatic rings. The predicted molar refractivity (Wildman–Crippen MR) is 53.5 cm³/mol. The quantitative estimate of drug-likeness (QED) is 0.438. The highest BCUT2D eigenvalue weighted by Gasteiger charge is 1.89. The van der Waals surface area contributed by atoms with Crippen molar-refractivity contribution in [2.24, 2.45) is 0 Å². The number of hydrogen-bond acceptors (Lipinski definition) is 1. The molecular formula is C7H20OSi2. The molecule has 0 fully saturated rings. The van der Waals surface area contributed by atoms with E-state index in [-0.39, 0.29) is 9.52 Å². The Bertz CT molecular complexity index is 51.6. The molecule has 62 valence electrons. The van der Waals surface area contributed by atoms with Gasteiger partial charge < -0.3 is 5.11 Å². The lowest BCUT2D eigenvalue weighted by Gasteiger charge is -1.96. The number of aliphatic hydroxyl groups is 1. The minimum atomic E-state index is -0.0416. The van der Waals surface area contributed by atoms with Gasteiger partial charge in [-0.25, -0.2) is 0 Å². The fraction of sp³-hybridized carbons (Fsp3) is 1.00. The van der Waals surface area contributed by atoms with Crippen LogP contribution in [0, 0.1) is 0 Å². The molecule has 0 rings (SSSR count). The maximum Gasteiger partial charge on any atom is 0.0512 e. The zero-order chi connectivity index (χ0) is 7.66. The Labute approximate surface area is 68.9 Å². The summed E-state index contributed by atoms with van der Waals surface area (Å²) in [5, 5.41) is 8.54. The first kappa shape index (κ1) is 10.4. The zero-order valence-corrected chi connectivity index (χ0v) is 9.93. The van der Waals surface area contributed by atoms with E-state index in [0.29, 0.717) is 15.7 Å². The molecule has 0 saturated carbocycles. The molecule has 3 heteroatoms. The van der Waals surface area contributed by atoms with Gasteiger partial charge in [-0.1, -0.05) is 37.9 Å². The second kappa shape index (κ2) is 9.39. The normalized spacial score (nSPS) is 12.6. The maximum absolute atomic E-state index is 8.54. The van der Waals surface area contributed by atoms with Crippen molar-refractivity contribution in [2.75, 3.05) is 6.23 Å². The Hall–Kier alpha value is 0.394. The van der Waals surface area contributed by atoms with E-state index in [9.17, 15) is 0 Å². The minimum Gasteiger partial charge on any atom is -0.400 e. The summed E-state index contributed by atoms with van der Waals surface area (Å²) in [7, 11) is 0.299. The van der Waals surface area contributed by atoms with Gasteiger partial charge in [-0.15, -0.1) is 0 Å². The lowest BCUT2D eigenvalue weighted by atomic mass is 10.4. The van der Waals surface area contributed by atoms with E-state index in [1.165, 1.54) is 31.0 Å². The molecule has 0 heterocycles. The third-order valence-electron chi connectivity index (χ3n) is 1.76. The SMILES string of the molecule is CC[SiH2]CCCC[SiH2]CO. The zero-order valence-electron chi connectivity index (χ0n) is 7.10. The summed E-state index contributed by atoms with van der Waals surface area (Å²) < 4.78 is 0. The summed E-state index contributed by atoms with van der Waals surface area (Å²) in [4.78, 5) is 0. The fourth-order valence-electron chi connectivity index (χ4n) is 1.07. The fourth-order valence-corrected chi connectivity index (χ4v) is 3.21. The molecule has 0 atom stereocenters. The van der Waals surface area contributed by atoms with Crippen LogP contribution in [-0.2, 0) is 0 Å². The van der Waals surface area contributed by atoms with E-state index in [1.54, 1.807) is 0 Å². The second-order valence-corrected chi connectivity index (χ2v) is 7.12. The van der Waals surface area contributed by atoms with Crippen LogP contribution in [-0.4, -0.2) is 30.4 Å². The molecule has 0 aliphatic rings. The van der Waals surface area contributed by atoms with Crippen molar-refractivity contribution in [1.82, 2.24) is 0 Å². The van der Waals surface area contributed by atoms with Crippen molar-refractivity contribution in [3.8, 4) is 0 Å². The summed E-state index contributed by atoms with van der Waals surface area (Å²) in [6.07, 6.45) is 3.37. The van der Waals surface area contributed by atoms with E-state index < -0.39 is 0 Å². The van der Waals surface area contributed by atoms with Gasteiger partial charge in [0.25, 0.3) is 0 Å². The number of hydrogen-bond donors (Lipinski definition) is 1. The van der Waals surface area contributed by atoms with Gasteiger partial charge in [0.2, 0.25) is 0 Å². The second-order valence-electron chi connectivity index (χ2n) is 2.84. The highest BCUT2D eigenvalue weighted by Crippen LogP contribution is 2.00. The van der Waals surface area contributed by atoms with Crippen molar-refractivity contribution < 1.29 is 5.11 Å². The monoisotopic (exact) mass is 176 g/mol. The van der Waals surface area contributed by atoms with Crippen molar-refractivity contribution in [3.05, 3.63) is 0 Å². The van der Waals surface area contributed by atoms with Crippen molar-refractivity contribution in [3.63, 3.8) is 0 Å². The Kier molecular flexibility index (Phi) is 9.76. The van der Waals surface area contributed by atoms with Gasteiger partial charge in [0.1, 0.15) is 0 Å². The van der Waals surface area contributed by atoms with Gasteiger partial charge in [-0.2, -0.15) is 0 Å². The topological polar surface area (TPSA) is 20.2 Å². The lowest BCUT2D eigenvalue weighted by molar-refractivity contribution is 0.365.